The minimum Gasteiger partial charge on any atom is -0.343 e. The fraction of sp³-hybridized carbons (Fsp3) is 0.680. The van der Waals surface area contributed by atoms with E-state index in [1.165, 1.54) is 0 Å². The molecule has 0 aromatic carbocycles. The van der Waals surface area contributed by atoms with Gasteiger partial charge in [-0.3, -0.25) is 9.59 Å². The van der Waals surface area contributed by atoms with E-state index >= 15 is 0 Å². The van der Waals surface area contributed by atoms with Crippen LogP contribution in [0, 0.1) is 25.7 Å². The molecule has 2 aliphatic heterocycles. The molecule has 5 rings (SSSR count). The van der Waals surface area contributed by atoms with E-state index in [1.807, 2.05) is 21.2 Å². The monoisotopic (exact) mass is 437 g/mol. The number of aryl methyl sites for hydroxylation is 2. The average molecular weight is 438 g/mol. The van der Waals surface area contributed by atoms with Gasteiger partial charge in [0, 0.05) is 61.9 Å². The number of likely N-dealkylation sites (tertiary alicyclic amines) is 2. The van der Waals surface area contributed by atoms with Gasteiger partial charge in [-0.2, -0.15) is 5.10 Å². The summed E-state index contributed by atoms with van der Waals surface area (Å²) in [6.07, 6.45) is 6.52. The first-order chi connectivity index (χ1) is 15.4. The summed E-state index contributed by atoms with van der Waals surface area (Å²) in [5.41, 5.74) is 5.08. The summed E-state index contributed by atoms with van der Waals surface area (Å²) in [5.74, 6) is 1.87. The van der Waals surface area contributed by atoms with Crippen molar-refractivity contribution in [3.63, 3.8) is 0 Å². The number of carbonyl (C=O) groups is 2. The molecule has 2 saturated heterocycles. The van der Waals surface area contributed by atoms with Crippen molar-refractivity contribution in [1.29, 1.82) is 0 Å². The third kappa shape index (κ3) is 4.14. The summed E-state index contributed by atoms with van der Waals surface area (Å²) < 4.78 is 1.94. The van der Waals surface area contributed by atoms with Crippen LogP contribution in [0.2, 0.25) is 0 Å². The van der Waals surface area contributed by atoms with Crippen LogP contribution in [0.3, 0.4) is 0 Å². The van der Waals surface area contributed by atoms with Gasteiger partial charge in [0.15, 0.2) is 5.65 Å². The molecule has 1 aliphatic carbocycles. The Kier molecular flexibility index (Phi) is 5.68. The Labute approximate surface area is 190 Å². The zero-order valence-corrected chi connectivity index (χ0v) is 19.6. The molecule has 0 unspecified atom stereocenters. The van der Waals surface area contributed by atoms with Crippen LogP contribution in [0.4, 0.5) is 0 Å². The number of nitrogens with zero attached hydrogens (tertiary/aromatic N) is 5. The molecule has 0 spiro atoms. The lowest BCUT2D eigenvalue weighted by molar-refractivity contribution is -0.132. The number of aromatic nitrogens is 3. The first-order valence-electron chi connectivity index (χ1n) is 12.3. The minimum absolute atomic E-state index is 0.253. The zero-order chi connectivity index (χ0) is 22.4. The highest BCUT2D eigenvalue weighted by Gasteiger charge is 2.37. The van der Waals surface area contributed by atoms with Gasteiger partial charge in [0.2, 0.25) is 11.8 Å². The molecule has 2 amide bonds. The Balaban J connectivity index is 1.29. The lowest BCUT2D eigenvalue weighted by Crippen LogP contribution is -2.38. The molecule has 3 fully saturated rings. The third-order valence-electron chi connectivity index (χ3n) is 7.75. The fourth-order valence-electron chi connectivity index (χ4n) is 5.34. The predicted molar refractivity (Wildman–Crippen MR) is 122 cm³/mol. The van der Waals surface area contributed by atoms with Crippen molar-refractivity contribution < 1.29 is 9.59 Å². The quantitative estimate of drug-likeness (QED) is 0.720. The molecule has 0 N–H and O–H groups in total. The molecule has 7 heteroatoms. The largest absolute Gasteiger partial charge is 0.343 e. The second kappa shape index (κ2) is 8.49. The van der Waals surface area contributed by atoms with E-state index in [1.54, 1.807) is 0 Å². The van der Waals surface area contributed by atoms with Crippen LogP contribution in [0.15, 0.2) is 6.07 Å². The summed E-state index contributed by atoms with van der Waals surface area (Å²) >= 11 is 0. The lowest BCUT2D eigenvalue weighted by Gasteiger charge is -2.30. The molecule has 3 aliphatic rings. The summed E-state index contributed by atoms with van der Waals surface area (Å²) in [4.78, 5) is 34.0. The van der Waals surface area contributed by atoms with Crippen LogP contribution in [0.1, 0.15) is 74.0 Å². The van der Waals surface area contributed by atoms with Gasteiger partial charge in [-0.05, 0) is 63.9 Å². The smallest absolute Gasteiger partial charge is 0.225 e. The number of piperidine rings is 1. The lowest BCUT2D eigenvalue weighted by atomic mass is 9.98. The van der Waals surface area contributed by atoms with Crippen molar-refractivity contribution in [3.8, 4) is 0 Å². The molecule has 32 heavy (non-hydrogen) atoms. The highest BCUT2D eigenvalue weighted by Crippen LogP contribution is 2.35. The molecule has 0 bridgehead atoms. The molecule has 0 radical (unpaired) electrons. The molecule has 2 aromatic rings. The van der Waals surface area contributed by atoms with Crippen molar-refractivity contribution in [2.24, 2.45) is 11.8 Å². The van der Waals surface area contributed by atoms with Gasteiger partial charge in [0.1, 0.15) is 0 Å². The number of hydrogen-bond donors (Lipinski definition) is 0. The van der Waals surface area contributed by atoms with Crippen LogP contribution in [0.5, 0.6) is 0 Å². The maximum atomic E-state index is 12.7. The van der Waals surface area contributed by atoms with Gasteiger partial charge in [0.05, 0.1) is 5.69 Å². The normalized spacial score (nSPS) is 22.2. The molecule has 4 heterocycles. The Morgan fingerprint density at radius 3 is 2.47 bits per heavy atom. The van der Waals surface area contributed by atoms with E-state index in [0.717, 1.165) is 92.5 Å². The number of rotatable bonds is 5. The van der Waals surface area contributed by atoms with Crippen molar-refractivity contribution in [1.82, 2.24) is 24.4 Å². The van der Waals surface area contributed by atoms with Crippen LogP contribution in [-0.4, -0.2) is 62.4 Å². The molecule has 1 saturated carbocycles. The van der Waals surface area contributed by atoms with Crippen molar-refractivity contribution in [2.45, 2.75) is 71.6 Å². The Hall–Kier alpha value is -2.44. The van der Waals surface area contributed by atoms with Gasteiger partial charge in [-0.25, -0.2) is 9.50 Å². The molecule has 2 aromatic heterocycles. The van der Waals surface area contributed by atoms with E-state index < -0.39 is 0 Å². The van der Waals surface area contributed by atoms with Gasteiger partial charge < -0.3 is 9.80 Å². The second-order valence-electron chi connectivity index (χ2n) is 10.2. The molecular formula is C25H35N5O2. The van der Waals surface area contributed by atoms with Crippen LogP contribution >= 0.6 is 0 Å². The Morgan fingerprint density at radius 1 is 1.03 bits per heavy atom. The van der Waals surface area contributed by atoms with Crippen LogP contribution in [0.25, 0.3) is 5.65 Å². The van der Waals surface area contributed by atoms with Crippen molar-refractivity contribution >= 4 is 17.5 Å². The van der Waals surface area contributed by atoms with Crippen molar-refractivity contribution in [2.75, 3.05) is 26.2 Å². The average Bonchev–Trinajstić information content (AvgIpc) is 3.35. The van der Waals surface area contributed by atoms with Crippen molar-refractivity contribution in [3.05, 3.63) is 28.7 Å². The minimum atomic E-state index is 0.253. The van der Waals surface area contributed by atoms with Gasteiger partial charge in [0.25, 0.3) is 0 Å². The summed E-state index contributed by atoms with van der Waals surface area (Å²) in [6.45, 7) is 9.77. The topological polar surface area (TPSA) is 70.8 Å². The van der Waals surface area contributed by atoms with E-state index in [2.05, 4.69) is 19.9 Å². The fourth-order valence-corrected chi connectivity index (χ4v) is 5.34. The molecular weight excluding hydrogens is 402 g/mol. The zero-order valence-electron chi connectivity index (χ0n) is 19.6. The van der Waals surface area contributed by atoms with Crippen LogP contribution in [-0.2, 0) is 16.0 Å². The molecule has 7 nitrogen and oxygen atoms in total. The Bertz CT molecular complexity index is 1030. The predicted octanol–water partition coefficient (Wildman–Crippen LogP) is 3.26. The van der Waals surface area contributed by atoms with E-state index in [0.29, 0.717) is 18.7 Å². The Morgan fingerprint density at radius 2 is 1.75 bits per heavy atom. The molecule has 1 atom stereocenters. The number of amides is 2. The highest BCUT2D eigenvalue weighted by atomic mass is 16.2. The number of hydrogen-bond acceptors (Lipinski definition) is 4. The summed E-state index contributed by atoms with van der Waals surface area (Å²) in [7, 11) is 0. The molecule has 172 valence electrons. The second-order valence-corrected chi connectivity index (χ2v) is 10.2. The van der Waals surface area contributed by atoms with Gasteiger partial charge in [-0.15, -0.1) is 0 Å². The first kappa shape index (κ1) is 21.4. The SMILES string of the molecule is Cc1nc2cc([C@H]3CCN(C(=O)C4CC4)C3)nn2c(C)c1CCC(=O)N1CCC(C)CC1. The standard InChI is InChI=1S/C25H35N5O2/c1-16-8-11-28(12-9-16)24(31)7-6-21-17(2)26-23-14-22(27-30(23)18(21)3)20-10-13-29(15-20)25(32)19-4-5-19/h14,16,19-20H,4-13,15H2,1-3H3/t20-/m0/s1. The van der Waals surface area contributed by atoms with E-state index in [9.17, 15) is 9.59 Å². The third-order valence-corrected chi connectivity index (χ3v) is 7.75. The highest BCUT2D eigenvalue weighted by molar-refractivity contribution is 5.81. The van der Waals surface area contributed by atoms with Gasteiger partial charge >= 0.3 is 0 Å². The van der Waals surface area contributed by atoms with Gasteiger partial charge in [-0.1, -0.05) is 6.92 Å². The van der Waals surface area contributed by atoms with Crippen LogP contribution < -0.4 is 0 Å². The number of carbonyl (C=O) groups excluding carboxylic acids is 2. The first-order valence-corrected chi connectivity index (χ1v) is 12.3. The summed E-state index contributed by atoms with van der Waals surface area (Å²) in [6, 6.07) is 2.08. The van der Waals surface area contributed by atoms with E-state index in [4.69, 9.17) is 10.1 Å². The van der Waals surface area contributed by atoms with E-state index in [-0.39, 0.29) is 17.7 Å². The summed E-state index contributed by atoms with van der Waals surface area (Å²) in [5, 5.41) is 4.90. The number of fused-ring (bicyclic) bond motifs is 1. The maximum Gasteiger partial charge on any atom is 0.225 e. The maximum absolute atomic E-state index is 12.7.